The molecule has 1 aromatic carbocycles. The molecular formula is C15H23ClN2. The van der Waals surface area contributed by atoms with Gasteiger partial charge in [-0.3, -0.25) is 0 Å². The van der Waals surface area contributed by atoms with Gasteiger partial charge < -0.3 is 10.2 Å². The highest BCUT2D eigenvalue weighted by molar-refractivity contribution is 6.31. The summed E-state index contributed by atoms with van der Waals surface area (Å²) >= 11 is 6.35. The zero-order valence-electron chi connectivity index (χ0n) is 11.5. The second-order valence-corrected chi connectivity index (χ2v) is 5.82. The minimum atomic E-state index is 0.769. The summed E-state index contributed by atoms with van der Waals surface area (Å²) < 4.78 is 0. The lowest BCUT2D eigenvalue weighted by atomic mass is 10.0. The SMILES string of the molecule is CCNCc1ccc(N2CC(C)C(C)C2)cc1Cl. The quantitative estimate of drug-likeness (QED) is 0.897. The Labute approximate surface area is 115 Å². The number of nitrogens with one attached hydrogen (secondary N) is 1. The van der Waals surface area contributed by atoms with Crippen LogP contribution in [0, 0.1) is 11.8 Å². The Kier molecular flexibility index (Phi) is 4.52. The van der Waals surface area contributed by atoms with E-state index in [9.17, 15) is 0 Å². The number of benzene rings is 1. The summed E-state index contributed by atoms with van der Waals surface area (Å²) in [4.78, 5) is 2.44. The summed E-state index contributed by atoms with van der Waals surface area (Å²) in [6.45, 7) is 10.9. The lowest BCUT2D eigenvalue weighted by Crippen LogP contribution is -2.19. The fourth-order valence-corrected chi connectivity index (χ4v) is 2.72. The molecule has 100 valence electrons. The number of nitrogens with zero attached hydrogens (tertiary/aromatic N) is 1. The average molecular weight is 267 g/mol. The predicted octanol–water partition coefficient (Wildman–Crippen LogP) is 3.54. The normalized spacial score (nSPS) is 23.7. The van der Waals surface area contributed by atoms with Crippen LogP contribution in [-0.4, -0.2) is 19.6 Å². The fourth-order valence-electron chi connectivity index (χ4n) is 2.48. The van der Waals surface area contributed by atoms with E-state index in [-0.39, 0.29) is 0 Å². The highest BCUT2D eigenvalue weighted by atomic mass is 35.5. The molecule has 0 bridgehead atoms. The zero-order chi connectivity index (χ0) is 13.1. The molecule has 1 N–H and O–H groups in total. The van der Waals surface area contributed by atoms with E-state index >= 15 is 0 Å². The molecule has 1 aromatic rings. The summed E-state index contributed by atoms with van der Waals surface area (Å²) in [5, 5.41) is 4.19. The van der Waals surface area contributed by atoms with Crippen LogP contribution < -0.4 is 10.2 Å². The third-order valence-corrected chi connectivity index (χ3v) is 4.31. The van der Waals surface area contributed by atoms with Crippen molar-refractivity contribution in [3.05, 3.63) is 28.8 Å². The third kappa shape index (κ3) is 2.99. The van der Waals surface area contributed by atoms with Gasteiger partial charge in [0, 0.05) is 30.3 Å². The molecule has 0 aliphatic carbocycles. The van der Waals surface area contributed by atoms with Crippen LogP contribution in [0.3, 0.4) is 0 Å². The van der Waals surface area contributed by atoms with Crippen LogP contribution in [0.4, 0.5) is 5.69 Å². The van der Waals surface area contributed by atoms with Crippen molar-refractivity contribution in [1.29, 1.82) is 0 Å². The van der Waals surface area contributed by atoms with Gasteiger partial charge in [-0.2, -0.15) is 0 Å². The number of rotatable bonds is 4. The van der Waals surface area contributed by atoms with Crippen LogP contribution >= 0.6 is 11.6 Å². The summed E-state index contributed by atoms with van der Waals surface area (Å²) in [5.74, 6) is 1.54. The van der Waals surface area contributed by atoms with E-state index in [4.69, 9.17) is 11.6 Å². The van der Waals surface area contributed by atoms with Crippen molar-refractivity contribution in [1.82, 2.24) is 5.32 Å². The Morgan fingerprint density at radius 1 is 1.28 bits per heavy atom. The molecule has 0 saturated carbocycles. The Morgan fingerprint density at radius 3 is 2.50 bits per heavy atom. The standard InChI is InChI=1S/C15H23ClN2/c1-4-17-8-13-5-6-14(7-15(13)16)18-9-11(2)12(3)10-18/h5-7,11-12,17H,4,8-10H2,1-3H3. The molecule has 0 aromatic heterocycles. The first-order valence-electron chi connectivity index (χ1n) is 6.86. The topological polar surface area (TPSA) is 15.3 Å². The molecule has 1 aliphatic rings. The maximum Gasteiger partial charge on any atom is 0.0471 e. The first kappa shape index (κ1) is 13.7. The minimum absolute atomic E-state index is 0.769. The molecule has 1 fully saturated rings. The Balaban J connectivity index is 2.09. The van der Waals surface area contributed by atoms with E-state index in [1.165, 1.54) is 11.3 Å². The molecule has 2 atom stereocenters. The van der Waals surface area contributed by atoms with Crippen LogP contribution in [0.25, 0.3) is 0 Å². The van der Waals surface area contributed by atoms with E-state index in [0.717, 1.165) is 43.0 Å². The number of hydrogen-bond donors (Lipinski definition) is 1. The molecule has 0 radical (unpaired) electrons. The molecule has 0 spiro atoms. The maximum absolute atomic E-state index is 6.35. The van der Waals surface area contributed by atoms with Crippen LogP contribution in [0.1, 0.15) is 26.3 Å². The Morgan fingerprint density at radius 2 is 1.94 bits per heavy atom. The van der Waals surface area contributed by atoms with Gasteiger partial charge in [0.15, 0.2) is 0 Å². The predicted molar refractivity (Wildman–Crippen MR) is 79.4 cm³/mol. The summed E-state index contributed by atoms with van der Waals surface area (Å²) in [7, 11) is 0. The van der Waals surface area contributed by atoms with Crippen molar-refractivity contribution in [2.45, 2.75) is 27.3 Å². The van der Waals surface area contributed by atoms with Gasteiger partial charge in [0.05, 0.1) is 0 Å². The van der Waals surface area contributed by atoms with Gasteiger partial charge in [0.25, 0.3) is 0 Å². The van der Waals surface area contributed by atoms with Crippen LogP contribution in [-0.2, 0) is 6.54 Å². The largest absolute Gasteiger partial charge is 0.371 e. The number of anilines is 1. The van der Waals surface area contributed by atoms with Crippen molar-refractivity contribution in [3.63, 3.8) is 0 Å². The molecular weight excluding hydrogens is 244 g/mol. The minimum Gasteiger partial charge on any atom is -0.371 e. The first-order chi connectivity index (χ1) is 8.61. The van der Waals surface area contributed by atoms with Gasteiger partial charge >= 0.3 is 0 Å². The van der Waals surface area contributed by atoms with Crippen LogP contribution in [0.15, 0.2) is 18.2 Å². The molecule has 1 aliphatic heterocycles. The van der Waals surface area contributed by atoms with Gasteiger partial charge in [-0.25, -0.2) is 0 Å². The highest BCUT2D eigenvalue weighted by Crippen LogP contribution is 2.30. The van der Waals surface area contributed by atoms with Crippen molar-refractivity contribution in [2.24, 2.45) is 11.8 Å². The molecule has 3 heteroatoms. The fraction of sp³-hybridized carbons (Fsp3) is 0.600. The van der Waals surface area contributed by atoms with Crippen molar-refractivity contribution >= 4 is 17.3 Å². The average Bonchev–Trinajstić information content (AvgIpc) is 2.68. The third-order valence-electron chi connectivity index (χ3n) is 3.96. The highest BCUT2D eigenvalue weighted by Gasteiger charge is 2.26. The van der Waals surface area contributed by atoms with Crippen molar-refractivity contribution in [2.75, 3.05) is 24.5 Å². The van der Waals surface area contributed by atoms with E-state index in [1.807, 2.05) is 0 Å². The maximum atomic E-state index is 6.35. The summed E-state index contributed by atoms with van der Waals surface area (Å²) in [6, 6.07) is 6.45. The summed E-state index contributed by atoms with van der Waals surface area (Å²) in [6.07, 6.45) is 0. The van der Waals surface area contributed by atoms with E-state index in [1.54, 1.807) is 0 Å². The van der Waals surface area contributed by atoms with E-state index < -0.39 is 0 Å². The second-order valence-electron chi connectivity index (χ2n) is 5.42. The lowest BCUT2D eigenvalue weighted by molar-refractivity contribution is 0.494. The van der Waals surface area contributed by atoms with Crippen molar-refractivity contribution < 1.29 is 0 Å². The number of hydrogen-bond acceptors (Lipinski definition) is 2. The van der Waals surface area contributed by atoms with E-state index in [2.05, 4.69) is 49.2 Å². The molecule has 18 heavy (non-hydrogen) atoms. The van der Waals surface area contributed by atoms with Crippen LogP contribution in [0.2, 0.25) is 5.02 Å². The van der Waals surface area contributed by atoms with Gasteiger partial charge in [0.1, 0.15) is 0 Å². The Bertz CT molecular complexity index is 395. The van der Waals surface area contributed by atoms with Gasteiger partial charge in [-0.05, 0) is 36.1 Å². The molecule has 1 heterocycles. The van der Waals surface area contributed by atoms with Gasteiger partial charge in [-0.1, -0.05) is 38.4 Å². The first-order valence-corrected chi connectivity index (χ1v) is 7.23. The molecule has 2 rings (SSSR count). The van der Waals surface area contributed by atoms with E-state index in [0.29, 0.717) is 0 Å². The summed E-state index contributed by atoms with van der Waals surface area (Å²) in [5.41, 5.74) is 2.44. The van der Waals surface area contributed by atoms with Crippen molar-refractivity contribution in [3.8, 4) is 0 Å². The second kappa shape index (κ2) is 5.94. The molecule has 0 amide bonds. The smallest absolute Gasteiger partial charge is 0.0471 e. The van der Waals surface area contributed by atoms with Gasteiger partial charge in [-0.15, -0.1) is 0 Å². The lowest BCUT2D eigenvalue weighted by Gasteiger charge is -2.19. The molecule has 1 saturated heterocycles. The van der Waals surface area contributed by atoms with Crippen LogP contribution in [0.5, 0.6) is 0 Å². The monoisotopic (exact) mass is 266 g/mol. The molecule has 2 nitrogen and oxygen atoms in total. The Hall–Kier alpha value is -0.730. The molecule has 2 unspecified atom stereocenters. The van der Waals surface area contributed by atoms with Gasteiger partial charge in [0.2, 0.25) is 0 Å². The number of halogens is 1. The zero-order valence-corrected chi connectivity index (χ0v) is 12.3.